The second kappa shape index (κ2) is 23.2. The zero-order chi connectivity index (χ0) is 50.8. The Morgan fingerprint density at radius 2 is 0.642 bits per heavy atom. The van der Waals surface area contributed by atoms with Crippen molar-refractivity contribution in [3.63, 3.8) is 0 Å². The topological polar surface area (TPSA) is 161 Å². The molecule has 0 heterocycles. The Bertz CT molecular complexity index is 2440. The van der Waals surface area contributed by atoms with Crippen LogP contribution in [0.3, 0.4) is 0 Å². The van der Waals surface area contributed by atoms with Gasteiger partial charge in [0, 0.05) is 0 Å². The van der Waals surface area contributed by atoms with Crippen LogP contribution in [0.2, 0.25) is 0 Å². The van der Waals surface area contributed by atoms with Crippen LogP contribution in [-0.4, -0.2) is 69.3 Å². The van der Waals surface area contributed by atoms with Gasteiger partial charge < -0.3 is 2.85 Å². The van der Waals surface area contributed by atoms with E-state index in [1.165, 1.54) is 0 Å². The van der Waals surface area contributed by atoms with Crippen LogP contribution >= 0.6 is 0 Å². The first-order valence-electron chi connectivity index (χ1n) is 15.5. The van der Waals surface area contributed by atoms with Gasteiger partial charge in [-0.2, -0.15) is 95.5 Å². The third kappa shape index (κ3) is 14.7. The molecule has 0 aliphatic heterocycles. The number of benzene rings is 4. The SMILES string of the molecule is O=S(=O)(O)C(F)(F)C(F)(F)OC(F)(F)C(F)(F)c1ccc(-c2ccc(F)cc2)cc1F.O=S(=O)(O)C(F)(F)C(F)(F)OC(F)(F)C(F)(F)c1ccc(-c2ccc(F)cc2)cc1F.O=S=O.[H-].[H-].[K+].[K+]. The molecule has 0 bridgehead atoms. The third-order valence-electron chi connectivity index (χ3n) is 7.54. The Labute approximate surface area is 452 Å². The molecule has 2 N–H and O–H groups in total. The third-order valence-corrected chi connectivity index (χ3v) is 9.31. The summed E-state index contributed by atoms with van der Waals surface area (Å²) in [5.74, 6) is -17.7. The molecule has 0 radical (unpaired) electrons. The Kier molecular flexibility index (Phi) is 22.7. The molecule has 35 heteroatoms. The summed E-state index contributed by atoms with van der Waals surface area (Å²) in [7, 11) is -14.2. The summed E-state index contributed by atoms with van der Waals surface area (Å²) in [5, 5.41) is -13.5. The molecule has 67 heavy (non-hydrogen) atoms. The molecule has 0 amide bonds. The van der Waals surface area contributed by atoms with E-state index in [2.05, 4.69) is 9.47 Å². The van der Waals surface area contributed by atoms with Crippen LogP contribution in [0.1, 0.15) is 14.0 Å². The normalized spacial score (nSPS) is 13.2. The maximum absolute atomic E-state index is 14.1. The predicted octanol–water partition coefficient (Wildman–Crippen LogP) is 4.38. The van der Waals surface area contributed by atoms with Gasteiger partial charge in [-0.15, -0.1) is 0 Å². The molecule has 0 fully saturated rings. The van der Waals surface area contributed by atoms with E-state index in [1.54, 1.807) is 0 Å². The summed E-state index contributed by atoms with van der Waals surface area (Å²) >= 11 is -0.750. The minimum absolute atomic E-state index is 0. The molecule has 10 nitrogen and oxygen atoms in total. The van der Waals surface area contributed by atoms with Crippen LogP contribution in [0, 0.1) is 23.3 Å². The maximum Gasteiger partial charge on any atom is 1.00 e. The van der Waals surface area contributed by atoms with E-state index in [-0.39, 0.29) is 152 Å². The quantitative estimate of drug-likeness (QED) is 0.106. The molecular weight excluding hydrogens is 1100 g/mol. The second-order valence-corrected chi connectivity index (χ2v) is 14.9. The number of alkyl halides is 16. The molecule has 4 aromatic carbocycles. The molecule has 0 saturated carbocycles. The number of rotatable bonds is 14. The molecule has 4 rings (SSSR count). The fourth-order valence-corrected chi connectivity index (χ4v) is 5.05. The van der Waals surface area contributed by atoms with Gasteiger partial charge in [0.1, 0.15) is 23.3 Å². The van der Waals surface area contributed by atoms with Gasteiger partial charge in [0.2, 0.25) is 0 Å². The first-order chi connectivity index (χ1) is 29.1. The summed E-state index contributed by atoms with van der Waals surface area (Å²) in [5.41, 5.74) is -4.92. The molecule has 366 valence electrons. The van der Waals surface area contributed by atoms with E-state index in [0.717, 1.165) is 48.5 Å². The molecule has 0 aliphatic rings. The van der Waals surface area contributed by atoms with Gasteiger partial charge in [-0.1, -0.05) is 36.4 Å². The van der Waals surface area contributed by atoms with Crippen LogP contribution in [0.5, 0.6) is 0 Å². The smallest absolute Gasteiger partial charge is 1.00 e. The van der Waals surface area contributed by atoms with Gasteiger partial charge in [-0.3, -0.25) is 9.11 Å². The maximum atomic E-state index is 14.1. The van der Waals surface area contributed by atoms with E-state index < -0.39 is 113 Å². The molecular formula is C32H18F20K2O10S3. The van der Waals surface area contributed by atoms with Crippen molar-refractivity contribution in [2.45, 2.75) is 46.8 Å². The molecule has 0 saturated heterocycles. The summed E-state index contributed by atoms with van der Waals surface area (Å²) in [6.07, 6.45) is -26.9. The van der Waals surface area contributed by atoms with Crippen molar-refractivity contribution in [3.05, 3.63) is 119 Å². The molecule has 0 atom stereocenters. The average molecular weight is 1120 g/mol. The Balaban J connectivity index is -0.00000113. The van der Waals surface area contributed by atoms with Gasteiger partial charge in [-0.05, 0) is 70.8 Å². The standard InChI is InChI=1S/2C16H8F10O4S.2K.O2S.2H/c2*17-10-4-1-8(2-5-10)9-3-6-11(12(18)7-9)13(19,20)14(21,22)30-15(23,24)16(25,26)31(27,28)29;;;1-3-2;;/h2*1-7H,(H,27,28,29);;;;;/q;;2*+1;;2*-1. The van der Waals surface area contributed by atoms with Gasteiger partial charge in [-0.25, -0.2) is 27.0 Å². The largest absolute Gasteiger partial charge is 1.00 e. The monoisotopic (exact) mass is 1120 g/mol. The minimum atomic E-state index is -7.08. The molecule has 0 spiro atoms. The van der Waals surface area contributed by atoms with Gasteiger partial charge in [0.05, 0.1) is 11.1 Å². The van der Waals surface area contributed by atoms with E-state index >= 15 is 0 Å². The van der Waals surface area contributed by atoms with Gasteiger partial charge in [0.15, 0.2) is 0 Å². The van der Waals surface area contributed by atoms with Crippen molar-refractivity contribution in [1.29, 1.82) is 0 Å². The zero-order valence-corrected chi connectivity index (χ0v) is 40.7. The van der Waals surface area contributed by atoms with Crippen molar-refractivity contribution < 1.29 is 237 Å². The van der Waals surface area contributed by atoms with Crippen molar-refractivity contribution in [2.75, 3.05) is 0 Å². The Hall–Kier alpha value is -1.69. The van der Waals surface area contributed by atoms with Crippen LogP contribution in [0.25, 0.3) is 22.3 Å². The van der Waals surface area contributed by atoms with Crippen molar-refractivity contribution in [1.82, 2.24) is 0 Å². The van der Waals surface area contributed by atoms with Crippen molar-refractivity contribution in [2.24, 2.45) is 0 Å². The van der Waals surface area contributed by atoms with E-state index in [9.17, 15) is 105 Å². The number of ether oxygens (including phenoxy) is 2. The zero-order valence-electron chi connectivity index (χ0n) is 34.0. The summed E-state index contributed by atoms with van der Waals surface area (Å²) in [4.78, 5) is 0. The number of hydrogen-bond acceptors (Lipinski definition) is 8. The molecule has 0 aromatic heterocycles. The predicted molar refractivity (Wildman–Crippen MR) is 177 cm³/mol. The summed E-state index contributed by atoms with van der Waals surface area (Å²) in [6.45, 7) is 0. The van der Waals surface area contributed by atoms with Crippen molar-refractivity contribution >= 4 is 31.8 Å². The average Bonchev–Trinajstić information content (AvgIpc) is 3.13. The van der Waals surface area contributed by atoms with Crippen LogP contribution in [-0.2, 0) is 53.1 Å². The molecule has 4 aromatic rings. The van der Waals surface area contributed by atoms with E-state index in [0.29, 0.717) is 12.1 Å². The fourth-order valence-electron chi connectivity index (χ4n) is 4.37. The van der Waals surface area contributed by atoms with E-state index in [4.69, 9.17) is 17.5 Å². The van der Waals surface area contributed by atoms with Crippen molar-refractivity contribution in [3.8, 4) is 22.3 Å². The second-order valence-electron chi connectivity index (χ2n) is 11.9. The van der Waals surface area contributed by atoms with Crippen LogP contribution in [0.4, 0.5) is 87.8 Å². The number of halogens is 20. The summed E-state index contributed by atoms with van der Waals surface area (Å²) < 4.78 is 348. The van der Waals surface area contributed by atoms with Crippen LogP contribution < -0.4 is 103 Å². The van der Waals surface area contributed by atoms with Gasteiger partial charge >= 0.3 is 181 Å². The van der Waals surface area contributed by atoms with Gasteiger partial charge in [0.25, 0.3) is 0 Å². The first kappa shape index (κ1) is 65.3. The Morgan fingerprint density at radius 1 is 0.418 bits per heavy atom. The molecule has 0 aliphatic carbocycles. The minimum Gasteiger partial charge on any atom is -1.00 e. The summed E-state index contributed by atoms with van der Waals surface area (Å²) in [6, 6.07) is 9.59. The number of hydrogen-bond donors (Lipinski definition) is 2. The van der Waals surface area contributed by atoms with E-state index in [1.807, 2.05) is 0 Å². The van der Waals surface area contributed by atoms with Crippen LogP contribution in [0.15, 0.2) is 84.9 Å². The molecule has 0 unspecified atom stereocenters. The Morgan fingerprint density at radius 3 is 0.851 bits per heavy atom. The first-order valence-corrected chi connectivity index (χ1v) is 19.0. The fraction of sp³-hybridized carbons (Fsp3) is 0.250.